The normalized spacial score (nSPS) is 25.3. The highest BCUT2D eigenvalue weighted by molar-refractivity contribution is 5.76. The van der Waals surface area contributed by atoms with Gasteiger partial charge in [-0.15, -0.1) is 0 Å². The van der Waals surface area contributed by atoms with Gasteiger partial charge < -0.3 is 5.32 Å². The minimum atomic E-state index is 0.249. The van der Waals surface area contributed by atoms with Gasteiger partial charge >= 0.3 is 0 Å². The number of nitrogens with zero attached hydrogens (tertiary/aromatic N) is 3. The molecule has 0 aromatic carbocycles. The third-order valence-corrected chi connectivity index (χ3v) is 5.21. The van der Waals surface area contributed by atoms with Gasteiger partial charge in [0, 0.05) is 37.9 Å². The van der Waals surface area contributed by atoms with Crippen LogP contribution in [0, 0.1) is 11.8 Å². The van der Waals surface area contributed by atoms with Crippen LogP contribution in [-0.2, 0) is 11.3 Å². The average molecular weight is 316 g/mol. The molecule has 1 aromatic heterocycles. The molecule has 1 aliphatic heterocycles. The van der Waals surface area contributed by atoms with Crippen molar-refractivity contribution in [2.45, 2.75) is 58.0 Å². The first kappa shape index (κ1) is 16.4. The van der Waals surface area contributed by atoms with Crippen LogP contribution < -0.4 is 5.32 Å². The molecule has 2 heterocycles. The summed E-state index contributed by atoms with van der Waals surface area (Å²) in [5.74, 6) is 2.30. The Morgan fingerprint density at radius 2 is 2.09 bits per heavy atom. The van der Waals surface area contributed by atoms with Gasteiger partial charge in [0.25, 0.3) is 0 Å². The van der Waals surface area contributed by atoms with E-state index in [0.717, 1.165) is 38.3 Å². The Kier molecular flexibility index (Phi) is 5.60. The summed E-state index contributed by atoms with van der Waals surface area (Å²) in [6.45, 7) is 4.94. The number of amides is 1. The molecule has 1 saturated carbocycles. The maximum absolute atomic E-state index is 12.3. The second-order valence-electron chi connectivity index (χ2n) is 7.08. The Morgan fingerprint density at radius 3 is 2.74 bits per heavy atom. The summed E-state index contributed by atoms with van der Waals surface area (Å²) in [5, 5.41) is 3.31. The lowest BCUT2D eigenvalue weighted by Crippen LogP contribution is -2.41. The third kappa shape index (κ3) is 4.50. The summed E-state index contributed by atoms with van der Waals surface area (Å²) in [6, 6.07) is 2.13. The van der Waals surface area contributed by atoms with Gasteiger partial charge in [0.15, 0.2) is 0 Å². The van der Waals surface area contributed by atoms with E-state index in [-0.39, 0.29) is 11.9 Å². The molecule has 0 radical (unpaired) electrons. The van der Waals surface area contributed by atoms with Crippen molar-refractivity contribution >= 4 is 5.91 Å². The van der Waals surface area contributed by atoms with E-state index in [9.17, 15) is 4.79 Å². The lowest BCUT2D eigenvalue weighted by atomic mass is 9.82. The summed E-state index contributed by atoms with van der Waals surface area (Å²) in [7, 11) is 0. The van der Waals surface area contributed by atoms with E-state index in [4.69, 9.17) is 0 Å². The summed E-state index contributed by atoms with van der Waals surface area (Å²) < 4.78 is 0. The summed E-state index contributed by atoms with van der Waals surface area (Å²) in [5.41, 5.74) is 0. The number of carbonyl (C=O) groups is 1. The predicted molar refractivity (Wildman–Crippen MR) is 89.6 cm³/mol. The van der Waals surface area contributed by atoms with Gasteiger partial charge in [-0.1, -0.05) is 19.8 Å². The van der Waals surface area contributed by atoms with Gasteiger partial charge in [-0.3, -0.25) is 9.69 Å². The van der Waals surface area contributed by atoms with Crippen molar-refractivity contribution < 1.29 is 4.79 Å². The van der Waals surface area contributed by atoms with Crippen molar-refractivity contribution in [2.24, 2.45) is 11.8 Å². The largest absolute Gasteiger partial charge is 0.352 e. The van der Waals surface area contributed by atoms with Crippen molar-refractivity contribution in [2.75, 3.05) is 13.1 Å². The number of likely N-dealkylation sites (tertiary alicyclic amines) is 1. The van der Waals surface area contributed by atoms with Crippen LogP contribution >= 0.6 is 0 Å². The van der Waals surface area contributed by atoms with Crippen LogP contribution in [0.3, 0.4) is 0 Å². The molecule has 0 spiro atoms. The second-order valence-corrected chi connectivity index (χ2v) is 7.08. The molecule has 0 unspecified atom stereocenters. The monoisotopic (exact) mass is 316 g/mol. The van der Waals surface area contributed by atoms with E-state index in [1.165, 1.54) is 25.7 Å². The highest BCUT2D eigenvalue weighted by Gasteiger charge is 2.34. The first-order chi connectivity index (χ1) is 11.2. The highest BCUT2D eigenvalue weighted by atomic mass is 16.1. The Labute approximate surface area is 138 Å². The van der Waals surface area contributed by atoms with E-state index < -0.39 is 0 Å². The third-order valence-electron chi connectivity index (χ3n) is 5.21. The molecule has 2 atom stereocenters. The molecule has 5 nitrogen and oxygen atoms in total. The minimum absolute atomic E-state index is 0.249. The molecule has 1 amide bonds. The fraction of sp³-hybridized carbons (Fsp3) is 0.722. The van der Waals surface area contributed by atoms with Gasteiger partial charge in [-0.05, 0) is 37.2 Å². The van der Waals surface area contributed by atoms with E-state index in [1.54, 1.807) is 12.4 Å². The molecule has 23 heavy (non-hydrogen) atoms. The number of carbonyl (C=O) groups excluding carboxylic acids is 1. The fourth-order valence-corrected chi connectivity index (χ4v) is 3.75. The molecule has 1 N–H and O–H groups in total. The van der Waals surface area contributed by atoms with Crippen LogP contribution in [0.4, 0.5) is 0 Å². The summed E-state index contributed by atoms with van der Waals surface area (Å²) in [6.07, 6.45) is 10.4. The van der Waals surface area contributed by atoms with E-state index in [0.29, 0.717) is 11.8 Å². The Morgan fingerprint density at radius 1 is 1.30 bits per heavy atom. The highest BCUT2D eigenvalue weighted by Crippen LogP contribution is 2.29. The van der Waals surface area contributed by atoms with Crippen molar-refractivity contribution in [1.82, 2.24) is 20.2 Å². The Hall–Kier alpha value is -1.49. The van der Waals surface area contributed by atoms with Crippen LogP contribution in [0.5, 0.6) is 0 Å². The SMILES string of the molecule is CCC[C@@H]1CN(Cc2ncccn2)C[C@H]1NC(=O)CC1CCC1. The van der Waals surface area contributed by atoms with E-state index in [1.807, 2.05) is 6.07 Å². The van der Waals surface area contributed by atoms with Crippen molar-refractivity contribution in [3.05, 3.63) is 24.3 Å². The minimum Gasteiger partial charge on any atom is -0.352 e. The standard InChI is InChI=1S/C18H28N4O/c1-2-5-15-11-22(13-17-19-8-4-9-20-17)12-16(15)21-18(23)10-14-6-3-7-14/h4,8-9,14-16H,2-3,5-7,10-13H2,1H3,(H,21,23)/t15-,16-/m1/s1. The van der Waals surface area contributed by atoms with E-state index >= 15 is 0 Å². The molecule has 2 aliphatic rings. The lowest BCUT2D eigenvalue weighted by molar-refractivity contribution is -0.123. The molecular weight excluding hydrogens is 288 g/mol. The zero-order valence-corrected chi connectivity index (χ0v) is 14.1. The average Bonchev–Trinajstić information content (AvgIpc) is 2.86. The number of hydrogen-bond donors (Lipinski definition) is 1. The maximum atomic E-state index is 12.3. The van der Waals surface area contributed by atoms with Gasteiger partial charge in [-0.2, -0.15) is 0 Å². The van der Waals surface area contributed by atoms with Crippen LogP contribution in [0.25, 0.3) is 0 Å². The van der Waals surface area contributed by atoms with E-state index in [2.05, 4.69) is 27.1 Å². The smallest absolute Gasteiger partial charge is 0.220 e. The molecule has 3 rings (SSSR count). The van der Waals surface area contributed by atoms with Gasteiger partial charge in [0.1, 0.15) is 5.82 Å². The number of nitrogens with one attached hydrogen (secondary N) is 1. The molecule has 126 valence electrons. The molecule has 0 bridgehead atoms. The van der Waals surface area contributed by atoms with Crippen molar-refractivity contribution in [3.8, 4) is 0 Å². The molecule has 5 heteroatoms. The lowest BCUT2D eigenvalue weighted by Gasteiger charge is -2.26. The Bertz CT molecular complexity index is 503. The molecule has 1 aromatic rings. The zero-order valence-electron chi connectivity index (χ0n) is 14.1. The predicted octanol–water partition coefficient (Wildman–Crippen LogP) is 2.38. The van der Waals surface area contributed by atoms with Gasteiger partial charge in [-0.25, -0.2) is 9.97 Å². The maximum Gasteiger partial charge on any atom is 0.220 e. The fourth-order valence-electron chi connectivity index (χ4n) is 3.75. The summed E-state index contributed by atoms with van der Waals surface area (Å²) >= 11 is 0. The van der Waals surface area contributed by atoms with Crippen LogP contribution in [0.1, 0.15) is 51.3 Å². The molecule has 2 fully saturated rings. The number of aromatic nitrogens is 2. The quantitative estimate of drug-likeness (QED) is 0.839. The number of rotatable bonds is 7. The van der Waals surface area contributed by atoms with Crippen molar-refractivity contribution in [3.63, 3.8) is 0 Å². The molecule has 1 aliphatic carbocycles. The van der Waals surface area contributed by atoms with Crippen LogP contribution in [-0.4, -0.2) is 39.9 Å². The van der Waals surface area contributed by atoms with Crippen molar-refractivity contribution in [1.29, 1.82) is 0 Å². The van der Waals surface area contributed by atoms with Crippen LogP contribution in [0.2, 0.25) is 0 Å². The molecular formula is C18H28N4O. The second kappa shape index (κ2) is 7.86. The van der Waals surface area contributed by atoms with Gasteiger partial charge in [0.2, 0.25) is 5.91 Å². The number of hydrogen-bond acceptors (Lipinski definition) is 4. The first-order valence-electron chi connectivity index (χ1n) is 9.02. The van der Waals surface area contributed by atoms with Gasteiger partial charge in [0.05, 0.1) is 6.54 Å². The summed E-state index contributed by atoms with van der Waals surface area (Å²) in [4.78, 5) is 23.3. The Balaban J connectivity index is 1.53. The van der Waals surface area contributed by atoms with Crippen LogP contribution in [0.15, 0.2) is 18.5 Å². The first-order valence-corrected chi connectivity index (χ1v) is 9.02. The topological polar surface area (TPSA) is 58.1 Å². The molecule has 1 saturated heterocycles. The zero-order chi connectivity index (χ0) is 16.1.